The molecule has 0 saturated carbocycles. The van der Waals surface area contributed by atoms with Crippen molar-refractivity contribution < 1.29 is 19.4 Å². The van der Waals surface area contributed by atoms with E-state index in [1.807, 2.05) is 74.2 Å². The lowest BCUT2D eigenvalue weighted by atomic mass is 9.67. The second-order valence-corrected chi connectivity index (χ2v) is 11.6. The fraction of sp³-hybridized carbons (Fsp3) is 0.464. The molecule has 0 aromatic heterocycles. The van der Waals surface area contributed by atoms with Crippen LogP contribution in [0.3, 0.4) is 0 Å². The molecule has 0 radical (unpaired) electrons. The molecule has 1 saturated heterocycles. The summed E-state index contributed by atoms with van der Waals surface area (Å²) in [6, 6.07) is 14.2. The zero-order valence-corrected chi connectivity index (χ0v) is 22.5. The summed E-state index contributed by atoms with van der Waals surface area (Å²) in [5.41, 5.74) is 0.338. The molecule has 2 aromatic rings. The van der Waals surface area contributed by atoms with Crippen molar-refractivity contribution in [3.05, 3.63) is 69.7 Å². The normalized spacial score (nSPS) is 26.3. The molecule has 1 N–H and O–H groups in total. The first-order chi connectivity index (χ1) is 16.9. The number of ether oxygens (including phenoxy) is 1. The van der Waals surface area contributed by atoms with Crippen LogP contribution < -0.4 is 0 Å². The predicted octanol–water partition coefficient (Wildman–Crippen LogP) is 6.52. The summed E-state index contributed by atoms with van der Waals surface area (Å²) in [7, 11) is 0. The monoisotopic (exact) mass is 530 g/mol. The molecule has 36 heavy (non-hydrogen) atoms. The van der Waals surface area contributed by atoms with E-state index >= 15 is 0 Å². The van der Waals surface area contributed by atoms with Gasteiger partial charge in [0.25, 0.3) is 0 Å². The van der Waals surface area contributed by atoms with E-state index in [0.29, 0.717) is 35.4 Å². The summed E-state index contributed by atoms with van der Waals surface area (Å²) in [5.74, 6) is -0.926. The highest BCUT2D eigenvalue weighted by Gasteiger charge is 2.53. The first-order valence-electron chi connectivity index (χ1n) is 12.2. The van der Waals surface area contributed by atoms with Gasteiger partial charge in [-0.3, -0.25) is 9.59 Å². The van der Waals surface area contributed by atoms with Crippen LogP contribution in [0.2, 0.25) is 10.0 Å². The standard InChI is InChI=1S/C28H32Cl2N2O4/c1-5-22(25-31-27(2,3)16-36-25)32-24(17-9-11-19(29)12-10-17)21(18-7-6-8-20(30)13-18)14-28(4,26(32)35)15-23(33)34/h6-13,21-22,24H,5,14-16H2,1-4H3,(H,33,34)/t21-,22?,24-,28-/m1/s1. The van der Waals surface area contributed by atoms with Crippen LogP contribution in [-0.2, 0) is 14.3 Å². The fourth-order valence-electron chi connectivity index (χ4n) is 5.50. The maximum Gasteiger partial charge on any atom is 0.304 e. The molecule has 1 unspecified atom stereocenters. The predicted molar refractivity (Wildman–Crippen MR) is 142 cm³/mol. The Morgan fingerprint density at radius 1 is 1.14 bits per heavy atom. The number of amides is 1. The third-order valence-electron chi connectivity index (χ3n) is 7.13. The van der Waals surface area contributed by atoms with E-state index in [9.17, 15) is 14.7 Å². The van der Waals surface area contributed by atoms with Crippen LogP contribution >= 0.6 is 23.2 Å². The quantitative estimate of drug-likeness (QED) is 0.441. The summed E-state index contributed by atoms with van der Waals surface area (Å²) < 4.78 is 6.03. The van der Waals surface area contributed by atoms with Crippen molar-refractivity contribution in [3.8, 4) is 0 Å². The Labute approximate surface area is 222 Å². The van der Waals surface area contributed by atoms with Crippen molar-refractivity contribution in [2.24, 2.45) is 10.4 Å². The molecule has 2 aliphatic rings. The molecule has 0 spiro atoms. The Bertz CT molecular complexity index is 1180. The molecule has 1 fully saturated rings. The van der Waals surface area contributed by atoms with Crippen LogP contribution in [0.25, 0.3) is 0 Å². The van der Waals surface area contributed by atoms with Gasteiger partial charge < -0.3 is 14.7 Å². The van der Waals surface area contributed by atoms with Gasteiger partial charge in [0.2, 0.25) is 11.8 Å². The molecule has 8 heteroatoms. The molecule has 2 aromatic carbocycles. The summed E-state index contributed by atoms with van der Waals surface area (Å²) in [4.78, 5) is 32.9. The lowest BCUT2D eigenvalue weighted by Gasteiger charge is -2.51. The summed E-state index contributed by atoms with van der Waals surface area (Å²) >= 11 is 12.6. The number of piperidine rings is 1. The van der Waals surface area contributed by atoms with Crippen LogP contribution in [0.1, 0.15) is 70.0 Å². The van der Waals surface area contributed by atoms with Crippen molar-refractivity contribution in [1.29, 1.82) is 0 Å². The van der Waals surface area contributed by atoms with Gasteiger partial charge in [0.15, 0.2) is 0 Å². The number of nitrogens with zero attached hydrogens (tertiary/aromatic N) is 2. The van der Waals surface area contributed by atoms with Gasteiger partial charge in [-0.2, -0.15) is 0 Å². The van der Waals surface area contributed by atoms with Crippen LogP contribution in [0, 0.1) is 5.41 Å². The van der Waals surface area contributed by atoms with Crippen LogP contribution in [-0.4, -0.2) is 46.0 Å². The van der Waals surface area contributed by atoms with E-state index in [1.165, 1.54) is 0 Å². The first kappa shape index (κ1) is 26.5. The van der Waals surface area contributed by atoms with Gasteiger partial charge in [-0.1, -0.05) is 61.3 Å². The van der Waals surface area contributed by atoms with Crippen LogP contribution in [0.5, 0.6) is 0 Å². The van der Waals surface area contributed by atoms with Gasteiger partial charge in [-0.05, 0) is 62.1 Å². The van der Waals surface area contributed by atoms with E-state index in [1.54, 1.807) is 6.92 Å². The number of aliphatic carboxylic acids is 1. The number of halogens is 2. The van der Waals surface area contributed by atoms with Crippen molar-refractivity contribution >= 4 is 41.0 Å². The minimum atomic E-state index is -1.12. The minimum Gasteiger partial charge on any atom is -0.481 e. The Hall–Kier alpha value is -2.57. The smallest absolute Gasteiger partial charge is 0.304 e. The molecule has 0 bridgehead atoms. The highest BCUT2D eigenvalue weighted by molar-refractivity contribution is 6.30. The lowest BCUT2D eigenvalue weighted by Crippen LogP contribution is -2.58. The maximum atomic E-state index is 14.3. The van der Waals surface area contributed by atoms with Gasteiger partial charge in [0.1, 0.15) is 12.6 Å². The van der Waals surface area contributed by atoms with Crippen molar-refractivity contribution in [2.75, 3.05) is 6.61 Å². The van der Waals surface area contributed by atoms with Crippen molar-refractivity contribution in [1.82, 2.24) is 4.90 Å². The van der Waals surface area contributed by atoms with Gasteiger partial charge in [0.05, 0.1) is 23.4 Å². The summed E-state index contributed by atoms with van der Waals surface area (Å²) in [5, 5.41) is 11.0. The number of hydrogen-bond acceptors (Lipinski definition) is 4. The topological polar surface area (TPSA) is 79.2 Å². The second kappa shape index (κ2) is 10.1. The molecule has 2 aliphatic heterocycles. The Kier molecular flexibility index (Phi) is 7.40. The molecule has 6 nitrogen and oxygen atoms in total. The number of likely N-dealkylation sites (tertiary alicyclic amines) is 1. The number of carboxylic acids is 1. The van der Waals surface area contributed by atoms with E-state index in [4.69, 9.17) is 32.9 Å². The average Bonchev–Trinajstić information content (AvgIpc) is 3.16. The van der Waals surface area contributed by atoms with Gasteiger partial charge in [-0.25, -0.2) is 4.99 Å². The molecular formula is C28H32Cl2N2O4. The molecule has 1 amide bonds. The van der Waals surface area contributed by atoms with Crippen molar-refractivity contribution in [2.45, 2.75) is 70.5 Å². The SMILES string of the molecule is CCC(C1=NC(C)(C)CO1)N1C(=O)[C@@](C)(CC(=O)O)C[C@H](c2cccc(Cl)c2)[C@H]1c1ccc(Cl)cc1. The molecule has 4 atom stereocenters. The van der Waals surface area contributed by atoms with Crippen LogP contribution in [0.15, 0.2) is 53.5 Å². The largest absolute Gasteiger partial charge is 0.481 e. The van der Waals surface area contributed by atoms with Crippen LogP contribution in [0.4, 0.5) is 0 Å². The van der Waals surface area contributed by atoms with Gasteiger partial charge in [-0.15, -0.1) is 0 Å². The van der Waals surface area contributed by atoms with Crippen molar-refractivity contribution in [3.63, 3.8) is 0 Å². The molecular weight excluding hydrogens is 499 g/mol. The molecule has 4 rings (SSSR count). The third kappa shape index (κ3) is 5.25. The zero-order chi connectivity index (χ0) is 26.3. The first-order valence-corrected chi connectivity index (χ1v) is 13.0. The highest BCUT2D eigenvalue weighted by atomic mass is 35.5. The number of aliphatic imine (C=N–C) groups is 1. The molecule has 192 valence electrons. The lowest BCUT2D eigenvalue weighted by molar-refractivity contribution is -0.159. The number of carbonyl (C=O) groups excluding carboxylic acids is 1. The number of benzene rings is 2. The maximum absolute atomic E-state index is 14.3. The highest BCUT2D eigenvalue weighted by Crippen LogP contribution is 2.52. The number of carboxylic acid groups (broad SMARTS) is 1. The van der Waals surface area contributed by atoms with E-state index in [2.05, 4.69) is 0 Å². The Morgan fingerprint density at radius 3 is 2.39 bits per heavy atom. The van der Waals surface area contributed by atoms with E-state index in [-0.39, 0.29) is 18.2 Å². The Balaban J connectivity index is 1.93. The van der Waals surface area contributed by atoms with Gasteiger partial charge >= 0.3 is 5.97 Å². The number of rotatable bonds is 7. The molecule has 0 aliphatic carbocycles. The second-order valence-electron chi connectivity index (χ2n) is 10.7. The summed E-state index contributed by atoms with van der Waals surface area (Å²) in [6.07, 6.45) is 0.648. The van der Waals surface area contributed by atoms with E-state index in [0.717, 1.165) is 11.1 Å². The minimum absolute atomic E-state index is 0.212. The summed E-state index contributed by atoms with van der Waals surface area (Å²) in [6.45, 7) is 8.15. The third-order valence-corrected chi connectivity index (χ3v) is 7.61. The zero-order valence-electron chi connectivity index (χ0n) is 21.0. The number of hydrogen-bond donors (Lipinski definition) is 1. The number of carbonyl (C=O) groups is 2. The fourth-order valence-corrected chi connectivity index (χ4v) is 5.82. The average molecular weight is 531 g/mol. The van der Waals surface area contributed by atoms with E-state index < -0.39 is 29.0 Å². The Morgan fingerprint density at radius 2 is 1.83 bits per heavy atom. The molecule has 2 heterocycles. The van der Waals surface area contributed by atoms with Gasteiger partial charge in [0, 0.05) is 16.0 Å².